The number of rotatable bonds is 8. The van der Waals surface area contributed by atoms with Crippen LogP contribution in [0.1, 0.15) is 11.3 Å². The molecule has 0 aliphatic carbocycles. The van der Waals surface area contributed by atoms with Crippen LogP contribution in [-0.2, 0) is 4.79 Å². The molecule has 0 bridgehead atoms. The van der Waals surface area contributed by atoms with Crippen LogP contribution < -0.4 is 26.0 Å². The van der Waals surface area contributed by atoms with Crippen molar-refractivity contribution in [2.45, 2.75) is 0 Å². The zero-order chi connectivity index (χ0) is 24.8. The zero-order valence-corrected chi connectivity index (χ0v) is 19.7. The van der Waals surface area contributed by atoms with Crippen molar-refractivity contribution in [3.63, 3.8) is 0 Å². The molecule has 0 saturated heterocycles. The number of H-pyrrole nitrogens is 2. The summed E-state index contributed by atoms with van der Waals surface area (Å²) in [7, 11) is 1.40. The number of carbonyl (C=O) groups is 1. The first-order valence-corrected chi connectivity index (χ1v) is 10.6. The summed E-state index contributed by atoms with van der Waals surface area (Å²) >= 11 is 9.28. The number of benzene rings is 2. The van der Waals surface area contributed by atoms with Gasteiger partial charge in [-0.25, -0.2) is 4.79 Å². The lowest BCUT2D eigenvalue weighted by Gasteiger charge is -2.12. The number of aromatic nitrogens is 2. The summed E-state index contributed by atoms with van der Waals surface area (Å²) in [6, 6.07) is 9.64. The Balaban J connectivity index is 1.73. The number of hydrogen-bond donors (Lipinski definition) is 3. The van der Waals surface area contributed by atoms with E-state index in [2.05, 4.69) is 26.2 Å². The Labute approximate surface area is 204 Å². The number of halogens is 2. The van der Waals surface area contributed by atoms with Crippen LogP contribution in [0.4, 0.5) is 11.4 Å². The van der Waals surface area contributed by atoms with Crippen LogP contribution in [-0.4, -0.2) is 34.5 Å². The van der Waals surface area contributed by atoms with E-state index in [0.29, 0.717) is 20.7 Å². The second-order valence-corrected chi connectivity index (χ2v) is 7.90. The van der Waals surface area contributed by atoms with E-state index >= 15 is 0 Å². The van der Waals surface area contributed by atoms with Crippen LogP contribution in [0.15, 0.2) is 50.5 Å². The molecule has 0 unspecified atom stereocenters. The molecule has 0 aliphatic heterocycles. The highest BCUT2D eigenvalue weighted by atomic mass is 79.9. The molecule has 13 heteroatoms. The Kier molecular flexibility index (Phi) is 7.87. The Hall–Kier alpha value is -3.90. The van der Waals surface area contributed by atoms with E-state index in [-0.39, 0.29) is 23.8 Å². The summed E-state index contributed by atoms with van der Waals surface area (Å²) in [4.78, 5) is 49.6. The average Bonchev–Trinajstić information content (AvgIpc) is 2.78. The Morgan fingerprint density at radius 3 is 2.62 bits per heavy atom. The molecule has 0 fully saturated rings. The van der Waals surface area contributed by atoms with Crippen molar-refractivity contribution in [1.82, 2.24) is 9.97 Å². The van der Waals surface area contributed by atoms with E-state index in [0.717, 1.165) is 0 Å². The molecular weight excluding hydrogens is 536 g/mol. The molecule has 0 atom stereocenters. The predicted molar refractivity (Wildman–Crippen MR) is 130 cm³/mol. The van der Waals surface area contributed by atoms with Gasteiger partial charge in [-0.2, -0.15) is 0 Å². The first kappa shape index (κ1) is 24.7. The molecule has 1 aromatic heterocycles. The van der Waals surface area contributed by atoms with Crippen LogP contribution >= 0.6 is 27.5 Å². The van der Waals surface area contributed by atoms with Crippen LogP contribution in [0, 0.1) is 10.1 Å². The van der Waals surface area contributed by atoms with Crippen molar-refractivity contribution < 1.29 is 19.2 Å². The Morgan fingerprint density at radius 1 is 1.18 bits per heavy atom. The van der Waals surface area contributed by atoms with Crippen LogP contribution in [0.5, 0.6) is 11.5 Å². The van der Waals surface area contributed by atoms with Crippen molar-refractivity contribution in [2.24, 2.45) is 0 Å². The fraction of sp³-hybridized carbons (Fsp3) is 0.0952. The molecule has 0 aliphatic rings. The maximum atomic E-state index is 12.2. The molecule has 1 amide bonds. The highest BCUT2D eigenvalue weighted by Gasteiger charge is 2.19. The lowest BCUT2D eigenvalue weighted by atomic mass is 10.1. The van der Waals surface area contributed by atoms with Gasteiger partial charge in [0.15, 0.2) is 18.1 Å². The second-order valence-electron chi connectivity index (χ2n) is 6.64. The fourth-order valence-corrected chi connectivity index (χ4v) is 3.23. The number of methoxy groups -OCH3 is 1. The van der Waals surface area contributed by atoms with Crippen molar-refractivity contribution in [2.75, 3.05) is 19.0 Å². The second kappa shape index (κ2) is 10.8. The van der Waals surface area contributed by atoms with Gasteiger partial charge in [-0.15, -0.1) is 0 Å². The van der Waals surface area contributed by atoms with Crippen molar-refractivity contribution in [3.05, 3.63) is 88.1 Å². The van der Waals surface area contributed by atoms with Gasteiger partial charge in [-0.1, -0.05) is 23.7 Å². The lowest BCUT2D eigenvalue weighted by molar-refractivity contribution is -0.386. The fourth-order valence-electron chi connectivity index (χ4n) is 2.80. The van der Waals surface area contributed by atoms with Crippen LogP contribution in [0.25, 0.3) is 12.2 Å². The van der Waals surface area contributed by atoms with Crippen LogP contribution in [0.2, 0.25) is 5.02 Å². The monoisotopic (exact) mass is 550 g/mol. The number of carbonyl (C=O) groups excluding carboxylic acids is 1. The summed E-state index contributed by atoms with van der Waals surface area (Å²) in [5.74, 6) is 0.143. The zero-order valence-electron chi connectivity index (χ0n) is 17.4. The first-order chi connectivity index (χ1) is 16.2. The summed E-state index contributed by atoms with van der Waals surface area (Å²) in [5.41, 5.74) is -2.02. The van der Waals surface area contributed by atoms with Gasteiger partial charge in [0.05, 0.1) is 17.1 Å². The molecular formula is C21H16BrClN4O7. The molecule has 2 aromatic carbocycles. The van der Waals surface area contributed by atoms with Gasteiger partial charge in [-0.3, -0.25) is 24.7 Å². The third-order valence-corrected chi connectivity index (χ3v) is 5.55. The van der Waals surface area contributed by atoms with Gasteiger partial charge >= 0.3 is 16.9 Å². The SMILES string of the molecule is COc1cc(/C=C/c2[nH]c(=O)[nH]c(=O)c2[N+](=O)[O-])ccc1OCC(=O)Nc1ccc(Br)c(Cl)c1. The van der Waals surface area contributed by atoms with Crippen molar-refractivity contribution in [3.8, 4) is 11.5 Å². The van der Waals surface area contributed by atoms with E-state index in [1.807, 2.05) is 4.98 Å². The first-order valence-electron chi connectivity index (χ1n) is 9.42. The molecule has 1 heterocycles. The molecule has 34 heavy (non-hydrogen) atoms. The summed E-state index contributed by atoms with van der Waals surface area (Å²) < 4.78 is 11.5. The van der Waals surface area contributed by atoms with E-state index in [9.17, 15) is 24.5 Å². The molecule has 0 saturated carbocycles. The molecule has 3 N–H and O–H groups in total. The Bertz CT molecular complexity index is 1400. The minimum atomic E-state index is -1.11. The Morgan fingerprint density at radius 2 is 1.94 bits per heavy atom. The number of anilines is 1. The minimum absolute atomic E-state index is 0.261. The van der Waals surface area contributed by atoms with Gasteiger partial charge < -0.3 is 19.8 Å². The third-order valence-electron chi connectivity index (χ3n) is 4.32. The van der Waals surface area contributed by atoms with E-state index in [1.165, 1.54) is 25.3 Å². The highest BCUT2D eigenvalue weighted by molar-refractivity contribution is 9.10. The third kappa shape index (κ3) is 6.11. The lowest BCUT2D eigenvalue weighted by Crippen LogP contribution is -2.25. The summed E-state index contributed by atoms with van der Waals surface area (Å²) in [5, 5.41) is 14.2. The average molecular weight is 552 g/mol. The maximum absolute atomic E-state index is 12.2. The minimum Gasteiger partial charge on any atom is -0.493 e. The number of nitro groups is 1. The number of hydrogen-bond acceptors (Lipinski definition) is 7. The quantitative estimate of drug-likeness (QED) is 0.285. The van der Waals surface area contributed by atoms with Crippen LogP contribution in [0.3, 0.4) is 0 Å². The van der Waals surface area contributed by atoms with Gasteiger partial charge in [0, 0.05) is 10.2 Å². The van der Waals surface area contributed by atoms with Gasteiger partial charge in [0.2, 0.25) is 0 Å². The van der Waals surface area contributed by atoms with Crippen molar-refractivity contribution in [1.29, 1.82) is 0 Å². The highest BCUT2D eigenvalue weighted by Crippen LogP contribution is 2.29. The van der Waals surface area contributed by atoms with E-state index in [1.54, 1.807) is 30.3 Å². The number of aromatic amines is 2. The van der Waals surface area contributed by atoms with Gasteiger partial charge in [0.25, 0.3) is 5.91 Å². The number of amides is 1. The standard InChI is InChI=1S/C21H16BrClN4O7/c1-33-17-8-11(2-6-15-19(27(31)32)20(29)26-21(30)25-15)3-7-16(17)34-10-18(28)24-12-4-5-13(22)14(23)9-12/h2-9H,10H2,1H3,(H,24,28)(H2,25,26,29,30)/b6-2+. The summed E-state index contributed by atoms with van der Waals surface area (Å²) in [6.07, 6.45) is 2.66. The molecule has 3 aromatic rings. The predicted octanol–water partition coefficient (Wildman–Crippen LogP) is 3.58. The van der Waals surface area contributed by atoms with E-state index < -0.39 is 27.8 Å². The maximum Gasteiger partial charge on any atom is 0.357 e. The number of ether oxygens (including phenoxy) is 2. The number of nitrogens with zero attached hydrogens (tertiary/aromatic N) is 1. The molecule has 3 rings (SSSR count). The molecule has 0 spiro atoms. The molecule has 11 nitrogen and oxygen atoms in total. The summed E-state index contributed by atoms with van der Waals surface area (Å²) in [6.45, 7) is -0.306. The number of nitrogens with one attached hydrogen (secondary N) is 3. The van der Waals surface area contributed by atoms with Gasteiger partial charge in [-0.05, 0) is 57.9 Å². The normalized spacial score (nSPS) is 10.8. The largest absolute Gasteiger partial charge is 0.493 e. The molecule has 0 radical (unpaired) electrons. The smallest absolute Gasteiger partial charge is 0.357 e. The van der Waals surface area contributed by atoms with Crippen molar-refractivity contribution >= 4 is 57.0 Å². The molecule has 176 valence electrons. The van der Waals surface area contributed by atoms with Gasteiger partial charge in [0.1, 0.15) is 5.69 Å². The van der Waals surface area contributed by atoms with E-state index in [4.69, 9.17) is 21.1 Å². The topological polar surface area (TPSA) is 156 Å².